The molecule has 0 aliphatic heterocycles. The van der Waals surface area contributed by atoms with Crippen molar-refractivity contribution >= 4 is 17.3 Å². The number of hydrogen-bond donors (Lipinski definition) is 1. The van der Waals surface area contributed by atoms with E-state index in [1.807, 2.05) is 24.3 Å². The highest BCUT2D eigenvalue weighted by Gasteiger charge is 2.13. The van der Waals surface area contributed by atoms with Gasteiger partial charge >= 0.3 is 5.97 Å². The number of hydrogen-bond acceptors (Lipinski definition) is 4. The van der Waals surface area contributed by atoms with Crippen molar-refractivity contribution in [2.45, 2.75) is 12.8 Å². The van der Waals surface area contributed by atoms with Gasteiger partial charge in [-0.2, -0.15) is 0 Å². The molecule has 0 radical (unpaired) electrons. The van der Waals surface area contributed by atoms with E-state index >= 15 is 0 Å². The van der Waals surface area contributed by atoms with Crippen LogP contribution in [0.15, 0.2) is 35.7 Å². The summed E-state index contributed by atoms with van der Waals surface area (Å²) in [7, 11) is 4.12. The highest BCUT2D eigenvalue weighted by molar-refractivity contribution is 7.14. The van der Waals surface area contributed by atoms with Crippen LogP contribution in [0.2, 0.25) is 0 Å². The van der Waals surface area contributed by atoms with Gasteiger partial charge in [0.15, 0.2) is 0 Å². The Hall–Kier alpha value is -1.85. The summed E-state index contributed by atoms with van der Waals surface area (Å²) in [4.78, 5) is 14.1. The third-order valence-electron chi connectivity index (χ3n) is 3.26. The minimum atomic E-state index is -0.897. The molecule has 0 aliphatic carbocycles. The molecule has 0 saturated carbocycles. The molecule has 1 N–H and O–H groups in total. The zero-order valence-electron chi connectivity index (χ0n) is 12.9. The van der Waals surface area contributed by atoms with Gasteiger partial charge in [0.05, 0.1) is 12.2 Å². The predicted octanol–water partition coefficient (Wildman–Crippen LogP) is 3.83. The lowest BCUT2D eigenvalue weighted by Crippen LogP contribution is -2.13. The molecule has 0 saturated heterocycles. The fourth-order valence-electron chi connectivity index (χ4n) is 2.15. The van der Waals surface area contributed by atoms with E-state index < -0.39 is 5.97 Å². The summed E-state index contributed by atoms with van der Waals surface area (Å²) in [5.41, 5.74) is 1.23. The Kier molecular flexibility index (Phi) is 5.98. The Morgan fingerprint density at radius 2 is 2.09 bits per heavy atom. The fourth-order valence-corrected chi connectivity index (χ4v) is 3.03. The molecule has 0 spiro atoms. The second-order valence-corrected chi connectivity index (χ2v) is 6.27. The molecular formula is C17H21NO3S. The third-order valence-corrected chi connectivity index (χ3v) is 4.22. The molecule has 5 heteroatoms. The molecular weight excluding hydrogens is 298 g/mol. The maximum atomic E-state index is 11.2. The summed E-state index contributed by atoms with van der Waals surface area (Å²) in [6.07, 6.45) is 2.10. The van der Waals surface area contributed by atoms with Gasteiger partial charge in [-0.3, -0.25) is 0 Å². The Balaban J connectivity index is 1.98. The van der Waals surface area contributed by atoms with Gasteiger partial charge in [-0.15, -0.1) is 11.3 Å². The number of thiophene rings is 1. The van der Waals surface area contributed by atoms with Crippen LogP contribution in [0.5, 0.6) is 5.75 Å². The van der Waals surface area contributed by atoms with Crippen LogP contribution in [0, 0.1) is 0 Å². The predicted molar refractivity (Wildman–Crippen MR) is 90.0 cm³/mol. The zero-order valence-corrected chi connectivity index (χ0v) is 13.7. The lowest BCUT2D eigenvalue weighted by molar-refractivity contribution is 0.0698. The average molecular weight is 319 g/mol. The lowest BCUT2D eigenvalue weighted by atomic mass is 10.1. The second-order valence-electron chi connectivity index (χ2n) is 5.36. The van der Waals surface area contributed by atoms with Gasteiger partial charge in [0.2, 0.25) is 0 Å². The van der Waals surface area contributed by atoms with Crippen molar-refractivity contribution in [3.8, 4) is 16.2 Å². The minimum absolute atomic E-state index is 0.341. The lowest BCUT2D eigenvalue weighted by Gasteiger charge is -2.10. The number of carboxylic acids is 1. The van der Waals surface area contributed by atoms with Crippen LogP contribution in [-0.4, -0.2) is 43.2 Å². The Morgan fingerprint density at radius 3 is 2.82 bits per heavy atom. The molecule has 2 rings (SSSR count). The SMILES string of the molecule is CN(C)CCCCOc1cccc(-c2sccc2C(=O)O)c1. The normalized spacial score (nSPS) is 10.9. The summed E-state index contributed by atoms with van der Waals surface area (Å²) >= 11 is 1.43. The molecule has 22 heavy (non-hydrogen) atoms. The molecule has 2 aromatic rings. The maximum Gasteiger partial charge on any atom is 0.337 e. The molecule has 0 bridgehead atoms. The van der Waals surface area contributed by atoms with E-state index in [2.05, 4.69) is 19.0 Å². The number of benzene rings is 1. The van der Waals surface area contributed by atoms with E-state index in [9.17, 15) is 9.90 Å². The maximum absolute atomic E-state index is 11.2. The molecule has 0 fully saturated rings. The number of carboxylic acid groups (broad SMARTS) is 1. The first-order valence-corrected chi connectivity index (χ1v) is 8.14. The number of unbranched alkanes of at least 4 members (excludes halogenated alkanes) is 1. The second kappa shape index (κ2) is 7.96. The molecule has 1 aromatic carbocycles. The van der Waals surface area contributed by atoms with Gasteiger partial charge in [-0.25, -0.2) is 4.79 Å². The number of aromatic carboxylic acids is 1. The standard InChI is InChI=1S/C17H21NO3S/c1-18(2)9-3-4-10-21-14-7-5-6-13(12-14)16-15(17(19)20)8-11-22-16/h5-8,11-12H,3-4,9-10H2,1-2H3,(H,19,20). The van der Waals surface area contributed by atoms with Crippen LogP contribution in [0.4, 0.5) is 0 Å². The van der Waals surface area contributed by atoms with Crippen molar-refractivity contribution in [1.29, 1.82) is 0 Å². The van der Waals surface area contributed by atoms with Crippen molar-refractivity contribution in [3.05, 3.63) is 41.3 Å². The van der Waals surface area contributed by atoms with Crippen LogP contribution in [0.3, 0.4) is 0 Å². The van der Waals surface area contributed by atoms with E-state index in [1.54, 1.807) is 11.4 Å². The largest absolute Gasteiger partial charge is 0.494 e. The molecule has 1 heterocycles. The average Bonchev–Trinajstić information content (AvgIpc) is 2.96. The van der Waals surface area contributed by atoms with E-state index in [0.717, 1.165) is 35.6 Å². The summed E-state index contributed by atoms with van der Waals surface area (Å²) < 4.78 is 5.77. The Bertz CT molecular complexity index is 622. The Morgan fingerprint density at radius 1 is 1.27 bits per heavy atom. The fraction of sp³-hybridized carbons (Fsp3) is 0.353. The van der Waals surface area contributed by atoms with E-state index in [-0.39, 0.29) is 0 Å². The van der Waals surface area contributed by atoms with Crippen molar-refractivity contribution in [2.24, 2.45) is 0 Å². The molecule has 0 aliphatic rings. The van der Waals surface area contributed by atoms with Crippen molar-refractivity contribution < 1.29 is 14.6 Å². The van der Waals surface area contributed by atoms with Gasteiger partial charge in [-0.05, 0) is 62.6 Å². The van der Waals surface area contributed by atoms with Crippen LogP contribution >= 0.6 is 11.3 Å². The van der Waals surface area contributed by atoms with Crippen LogP contribution < -0.4 is 4.74 Å². The van der Waals surface area contributed by atoms with E-state index in [0.29, 0.717) is 12.2 Å². The smallest absolute Gasteiger partial charge is 0.337 e. The van der Waals surface area contributed by atoms with Gasteiger partial charge in [0.25, 0.3) is 0 Å². The van der Waals surface area contributed by atoms with Gasteiger partial charge in [-0.1, -0.05) is 12.1 Å². The molecule has 0 unspecified atom stereocenters. The molecule has 0 atom stereocenters. The minimum Gasteiger partial charge on any atom is -0.494 e. The topological polar surface area (TPSA) is 49.8 Å². The number of ether oxygens (including phenoxy) is 1. The summed E-state index contributed by atoms with van der Waals surface area (Å²) in [5.74, 6) is -0.113. The summed E-state index contributed by atoms with van der Waals surface area (Å²) in [6.45, 7) is 1.73. The summed E-state index contributed by atoms with van der Waals surface area (Å²) in [6, 6.07) is 9.26. The van der Waals surface area contributed by atoms with Crippen LogP contribution in [0.1, 0.15) is 23.2 Å². The van der Waals surface area contributed by atoms with E-state index in [1.165, 1.54) is 11.3 Å². The summed E-state index contributed by atoms with van der Waals surface area (Å²) in [5, 5.41) is 11.0. The first-order valence-electron chi connectivity index (χ1n) is 7.26. The first kappa shape index (κ1) is 16.5. The first-order chi connectivity index (χ1) is 10.6. The van der Waals surface area contributed by atoms with Gasteiger partial charge < -0.3 is 14.7 Å². The van der Waals surface area contributed by atoms with Gasteiger partial charge in [0, 0.05) is 4.88 Å². The van der Waals surface area contributed by atoms with Crippen LogP contribution in [-0.2, 0) is 0 Å². The van der Waals surface area contributed by atoms with Crippen molar-refractivity contribution in [3.63, 3.8) is 0 Å². The molecule has 118 valence electrons. The highest BCUT2D eigenvalue weighted by Crippen LogP contribution is 2.31. The number of carbonyl (C=O) groups is 1. The number of nitrogens with zero attached hydrogens (tertiary/aromatic N) is 1. The van der Waals surface area contributed by atoms with Crippen LogP contribution in [0.25, 0.3) is 10.4 Å². The molecule has 1 aromatic heterocycles. The van der Waals surface area contributed by atoms with E-state index in [4.69, 9.17) is 4.74 Å². The van der Waals surface area contributed by atoms with Crippen molar-refractivity contribution in [2.75, 3.05) is 27.2 Å². The Labute approximate surface area is 135 Å². The monoisotopic (exact) mass is 319 g/mol. The highest BCUT2D eigenvalue weighted by atomic mass is 32.1. The quantitative estimate of drug-likeness (QED) is 0.751. The zero-order chi connectivity index (χ0) is 15.9. The molecule has 0 amide bonds. The third kappa shape index (κ3) is 4.58. The molecule has 4 nitrogen and oxygen atoms in total. The van der Waals surface area contributed by atoms with Gasteiger partial charge in [0.1, 0.15) is 5.75 Å². The number of rotatable bonds is 8. The van der Waals surface area contributed by atoms with Crippen molar-refractivity contribution in [1.82, 2.24) is 4.90 Å².